The molecule has 1 N–H and O–H groups in total. The van der Waals surface area contributed by atoms with Gasteiger partial charge in [-0.1, -0.05) is 18.5 Å². The van der Waals surface area contributed by atoms with Crippen LogP contribution >= 0.6 is 11.6 Å². The molecule has 27 heavy (non-hydrogen) atoms. The predicted molar refractivity (Wildman–Crippen MR) is 103 cm³/mol. The van der Waals surface area contributed by atoms with Gasteiger partial charge in [-0.2, -0.15) is 10.4 Å². The Morgan fingerprint density at radius 2 is 2.11 bits per heavy atom. The number of aromatic nitrogens is 3. The van der Waals surface area contributed by atoms with Crippen molar-refractivity contribution in [2.45, 2.75) is 32.7 Å². The van der Waals surface area contributed by atoms with Gasteiger partial charge >= 0.3 is 0 Å². The van der Waals surface area contributed by atoms with E-state index >= 15 is 0 Å². The van der Waals surface area contributed by atoms with E-state index in [4.69, 9.17) is 11.6 Å². The fraction of sp³-hybridized carbons (Fsp3) is 0.474. The van der Waals surface area contributed by atoms with Crippen LogP contribution < -0.4 is 10.2 Å². The van der Waals surface area contributed by atoms with Gasteiger partial charge in [0, 0.05) is 30.6 Å². The van der Waals surface area contributed by atoms with E-state index in [1.807, 2.05) is 19.9 Å². The molecular formula is C19H23ClN6O. The fourth-order valence-electron chi connectivity index (χ4n) is 3.33. The number of nitriles is 1. The molecule has 1 aliphatic rings. The van der Waals surface area contributed by atoms with Crippen molar-refractivity contribution >= 4 is 23.2 Å². The molecule has 142 valence electrons. The van der Waals surface area contributed by atoms with E-state index in [0.29, 0.717) is 42.3 Å². The van der Waals surface area contributed by atoms with Crippen molar-refractivity contribution in [2.75, 3.05) is 18.0 Å². The Kier molecular flexibility index (Phi) is 5.38. The third kappa shape index (κ3) is 4.06. The Morgan fingerprint density at radius 3 is 2.70 bits per heavy atom. The van der Waals surface area contributed by atoms with Gasteiger partial charge in [0.1, 0.15) is 12.4 Å². The van der Waals surface area contributed by atoms with Crippen LogP contribution in [0.2, 0.25) is 5.02 Å². The maximum absolute atomic E-state index is 12.9. The molecule has 0 saturated carbocycles. The molecule has 0 bridgehead atoms. The molecular weight excluding hydrogens is 364 g/mol. The van der Waals surface area contributed by atoms with Crippen molar-refractivity contribution in [3.05, 3.63) is 40.9 Å². The average molecular weight is 387 g/mol. The molecule has 1 fully saturated rings. The fourth-order valence-corrected chi connectivity index (χ4v) is 3.50. The second-order valence-corrected chi connectivity index (χ2v) is 7.73. The van der Waals surface area contributed by atoms with Gasteiger partial charge in [0.15, 0.2) is 5.82 Å². The van der Waals surface area contributed by atoms with E-state index in [1.165, 1.54) is 0 Å². The standard InChI is InChI=1S/C19H23ClN6O/c1-13(17-22-12-25(3)24-17)23-18(27)19(2)6-8-26(9-7-19)16-5-4-15(20)10-14(16)11-21/h4-5,10,12-13H,6-9H2,1-3H3,(H,23,27). The molecule has 1 aromatic heterocycles. The maximum Gasteiger partial charge on any atom is 0.226 e. The van der Waals surface area contributed by atoms with Gasteiger partial charge in [-0.25, -0.2) is 4.98 Å². The number of carbonyl (C=O) groups is 1. The molecule has 3 rings (SSSR count). The lowest BCUT2D eigenvalue weighted by Gasteiger charge is -2.40. The molecule has 1 amide bonds. The topological polar surface area (TPSA) is 86.8 Å². The molecule has 1 aliphatic heterocycles. The Labute approximate surface area is 163 Å². The van der Waals surface area contributed by atoms with Gasteiger partial charge in [0.25, 0.3) is 0 Å². The zero-order valence-corrected chi connectivity index (χ0v) is 16.5. The molecule has 0 spiro atoms. The molecule has 2 heterocycles. The first-order valence-electron chi connectivity index (χ1n) is 8.93. The minimum Gasteiger partial charge on any atom is -0.370 e. The Bertz CT molecular complexity index is 879. The number of amides is 1. The van der Waals surface area contributed by atoms with Crippen molar-refractivity contribution in [1.82, 2.24) is 20.1 Å². The number of hydrogen-bond donors (Lipinski definition) is 1. The van der Waals surface area contributed by atoms with Crippen molar-refractivity contribution in [3.8, 4) is 6.07 Å². The summed E-state index contributed by atoms with van der Waals surface area (Å²) in [5.74, 6) is 0.616. The summed E-state index contributed by atoms with van der Waals surface area (Å²) in [6.07, 6.45) is 3.03. The van der Waals surface area contributed by atoms with Gasteiger partial charge in [0.05, 0.1) is 17.3 Å². The number of piperidine rings is 1. The SMILES string of the molecule is CC(NC(=O)C1(C)CCN(c2ccc(Cl)cc2C#N)CC1)c1ncn(C)n1. The lowest BCUT2D eigenvalue weighted by Crippen LogP contribution is -2.48. The summed E-state index contributed by atoms with van der Waals surface area (Å²) >= 11 is 5.99. The summed E-state index contributed by atoms with van der Waals surface area (Å²) in [7, 11) is 1.80. The van der Waals surface area contributed by atoms with Crippen LogP contribution in [0.5, 0.6) is 0 Å². The highest BCUT2D eigenvalue weighted by Gasteiger charge is 2.38. The summed E-state index contributed by atoms with van der Waals surface area (Å²) in [4.78, 5) is 19.2. The van der Waals surface area contributed by atoms with E-state index in [0.717, 1.165) is 5.69 Å². The monoisotopic (exact) mass is 386 g/mol. The first kappa shape index (κ1) is 19.2. The number of hydrogen-bond acceptors (Lipinski definition) is 5. The molecule has 1 saturated heterocycles. The molecule has 1 unspecified atom stereocenters. The molecule has 2 aromatic rings. The summed E-state index contributed by atoms with van der Waals surface area (Å²) in [6, 6.07) is 7.31. The zero-order chi connectivity index (χ0) is 19.6. The van der Waals surface area contributed by atoms with E-state index in [9.17, 15) is 10.1 Å². The third-order valence-corrected chi connectivity index (χ3v) is 5.42. The summed E-state index contributed by atoms with van der Waals surface area (Å²) in [6.45, 7) is 5.29. The van der Waals surface area contributed by atoms with Crippen LogP contribution in [0, 0.1) is 16.7 Å². The number of halogens is 1. The Hall–Kier alpha value is -2.59. The number of nitrogens with one attached hydrogen (secondary N) is 1. The van der Waals surface area contributed by atoms with Crippen LogP contribution in [-0.2, 0) is 11.8 Å². The second kappa shape index (κ2) is 7.57. The highest BCUT2D eigenvalue weighted by atomic mass is 35.5. The van der Waals surface area contributed by atoms with Crippen LogP contribution in [0.25, 0.3) is 0 Å². The van der Waals surface area contributed by atoms with Crippen LogP contribution in [0.15, 0.2) is 24.5 Å². The zero-order valence-electron chi connectivity index (χ0n) is 15.7. The second-order valence-electron chi connectivity index (χ2n) is 7.29. The molecule has 1 aromatic carbocycles. The van der Waals surface area contributed by atoms with Crippen molar-refractivity contribution in [3.63, 3.8) is 0 Å². The van der Waals surface area contributed by atoms with Gasteiger partial charge in [-0.15, -0.1) is 0 Å². The lowest BCUT2D eigenvalue weighted by molar-refractivity contribution is -0.132. The van der Waals surface area contributed by atoms with E-state index in [1.54, 1.807) is 30.2 Å². The number of aryl methyl sites for hydroxylation is 1. The molecule has 0 aliphatic carbocycles. The van der Waals surface area contributed by atoms with Crippen molar-refractivity contribution in [1.29, 1.82) is 5.26 Å². The minimum atomic E-state index is -0.460. The highest BCUT2D eigenvalue weighted by Crippen LogP contribution is 2.35. The minimum absolute atomic E-state index is 0.0127. The Morgan fingerprint density at radius 1 is 1.41 bits per heavy atom. The number of anilines is 1. The molecule has 0 radical (unpaired) electrons. The quantitative estimate of drug-likeness (QED) is 0.873. The van der Waals surface area contributed by atoms with Gasteiger partial charge in [-0.3, -0.25) is 9.48 Å². The number of benzene rings is 1. The van der Waals surface area contributed by atoms with Gasteiger partial charge in [0.2, 0.25) is 5.91 Å². The van der Waals surface area contributed by atoms with E-state index < -0.39 is 5.41 Å². The summed E-state index contributed by atoms with van der Waals surface area (Å²) in [5, 5.41) is 17.2. The van der Waals surface area contributed by atoms with Crippen LogP contribution in [0.1, 0.15) is 44.1 Å². The lowest BCUT2D eigenvalue weighted by atomic mass is 9.79. The first-order valence-corrected chi connectivity index (χ1v) is 9.31. The van der Waals surface area contributed by atoms with E-state index in [-0.39, 0.29) is 11.9 Å². The van der Waals surface area contributed by atoms with Crippen LogP contribution in [0.3, 0.4) is 0 Å². The summed E-state index contributed by atoms with van der Waals surface area (Å²) < 4.78 is 1.62. The highest BCUT2D eigenvalue weighted by molar-refractivity contribution is 6.30. The molecule has 1 atom stereocenters. The van der Waals surface area contributed by atoms with Crippen LogP contribution in [-0.4, -0.2) is 33.8 Å². The number of nitrogens with zero attached hydrogens (tertiary/aromatic N) is 5. The first-order chi connectivity index (χ1) is 12.8. The predicted octanol–water partition coefficient (Wildman–Crippen LogP) is 2.82. The Balaban J connectivity index is 1.65. The van der Waals surface area contributed by atoms with Gasteiger partial charge in [-0.05, 0) is 38.0 Å². The number of carbonyl (C=O) groups excluding carboxylic acids is 1. The van der Waals surface area contributed by atoms with Gasteiger partial charge < -0.3 is 10.2 Å². The smallest absolute Gasteiger partial charge is 0.226 e. The normalized spacial score (nSPS) is 17.2. The summed E-state index contributed by atoms with van der Waals surface area (Å²) in [5.41, 5.74) is 0.972. The van der Waals surface area contributed by atoms with Crippen LogP contribution in [0.4, 0.5) is 5.69 Å². The molecule has 7 nitrogen and oxygen atoms in total. The largest absolute Gasteiger partial charge is 0.370 e. The average Bonchev–Trinajstić information content (AvgIpc) is 3.09. The van der Waals surface area contributed by atoms with Crippen molar-refractivity contribution < 1.29 is 4.79 Å². The van der Waals surface area contributed by atoms with Crippen molar-refractivity contribution in [2.24, 2.45) is 12.5 Å². The number of rotatable bonds is 4. The maximum atomic E-state index is 12.9. The van der Waals surface area contributed by atoms with E-state index in [2.05, 4.69) is 26.4 Å². The third-order valence-electron chi connectivity index (χ3n) is 5.19. The molecule has 8 heteroatoms.